The summed E-state index contributed by atoms with van der Waals surface area (Å²) in [6.07, 6.45) is 1.58. The molecular weight excluding hydrogens is 490 g/mol. The van der Waals surface area contributed by atoms with Crippen LogP contribution in [0.3, 0.4) is 0 Å². The highest BCUT2D eigenvalue weighted by atomic mass is 35.5. The summed E-state index contributed by atoms with van der Waals surface area (Å²) in [5, 5.41) is 7.55. The third-order valence-electron chi connectivity index (χ3n) is 6.86. The van der Waals surface area contributed by atoms with E-state index in [9.17, 15) is 9.59 Å². The van der Waals surface area contributed by atoms with Crippen molar-refractivity contribution in [3.8, 4) is 16.9 Å². The van der Waals surface area contributed by atoms with E-state index in [1.165, 1.54) is 0 Å². The van der Waals surface area contributed by atoms with E-state index in [0.29, 0.717) is 48.2 Å². The number of hydrogen-bond acceptors (Lipinski definition) is 5. The highest BCUT2D eigenvalue weighted by molar-refractivity contribution is 6.31. The van der Waals surface area contributed by atoms with Crippen LogP contribution in [0.4, 0.5) is 0 Å². The largest absolute Gasteiger partial charge is 0.479 e. The van der Waals surface area contributed by atoms with Gasteiger partial charge in [0.1, 0.15) is 17.1 Å². The Hall–Kier alpha value is -3.88. The van der Waals surface area contributed by atoms with Gasteiger partial charge in [-0.25, -0.2) is 4.98 Å². The number of ether oxygens (including phenoxy) is 1. The molecule has 0 unspecified atom stereocenters. The Bertz CT molecular complexity index is 1480. The number of piperazine rings is 1. The molecule has 8 nitrogen and oxygen atoms in total. The van der Waals surface area contributed by atoms with Crippen molar-refractivity contribution in [3.05, 3.63) is 82.6 Å². The number of fused-ring (bicyclic) bond motifs is 2. The summed E-state index contributed by atoms with van der Waals surface area (Å²) in [6.45, 7) is 3.34. The molecule has 1 atom stereocenters. The Morgan fingerprint density at radius 3 is 2.70 bits per heavy atom. The van der Waals surface area contributed by atoms with E-state index < -0.39 is 6.10 Å². The van der Waals surface area contributed by atoms with Crippen molar-refractivity contribution in [2.75, 3.05) is 26.2 Å². The number of nitrogens with one attached hydrogen (secondary N) is 3. The van der Waals surface area contributed by atoms with Crippen molar-refractivity contribution in [1.29, 1.82) is 0 Å². The molecule has 2 aromatic carbocycles. The number of nitrogens with zero attached hydrogens (tertiary/aromatic N) is 2. The molecule has 4 aromatic rings. The van der Waals surface area contributed by atoms with E-state index in [-0.39, 0.29) is 11.8 Å². The van der Waals surface area contributed by atoms with Crippen molar-refractivity contribution in [3.63, 3.8) is 0 Å². The number of aromatic nitrogens is 2. The second-order valence-electron chi connectivity index (χ2n) is 9.30. The van der Waals surface area contributed by atoms with Gasteiger partial charge in [0.25, 0.3) is 11.8 Å². The first kappa shape index (κ1) is 23.5. The number of aromatic amines is 1. The number of hydrogen-bond donors (Lipinski definition) is 3. The number of pyridine rings is 1. The van der Waals surface area contributed by atoms with Gasteiger partial charge in [0.15, 0.2) is 6.10 Å². The Balaban J connectivity index is 1.29. The minimum atomic E-state index is -0.576. The molecule has 2 aliphatic rings. The van der Waals surface area contributed by atoms with Crippen LogP contribution in [-0.2, 0) is 17.8 Å². The molecule has 9 heteroatoms. The van der Waals surface area contributed by atoms with Gasteiger partial charge < -0.3 is 25.3 Å². The van der Waals surface area contributed by atoms with E-state index >= 15 is 0 Å². The van der Waals surface area contributed by atoms with Gasteiger partial charge in [0, 0.05) is 66.9 Å². The molecule has 4 heterocycles. The summed E-state index contributed by atoms with van der Waals surface area (Å²) in [7, 11) is 0. The van der Waals surface area contributed by atoms with Gasteiger partial charge in [-0.2, -0.15) is 0 Å². The summed E-state index contributed by atoms with van der Waals surface area (Å²) < 4.78 is 6.27. The molecule has 0 saturated carbocycles. The fourth-order valence-corrected chi connectivity index (χ4v) is 5.25. The summed E-state index contributed by atoms with van der Waals surface area (Å²) in [4.78, 5) is 35.4. The van der Waals surface area contributed by atoms with Crippen LogP contribution in [0.2, 0.25) is 5.02 Å². The molecule has 2 amide bonds. The van der Waals surface area contributed by atoms with E-state index in [0.717, 1.165) is 40.7 Å². The number of benzene rings is 2. The average molecular weight is 516 g/mol. The highest BCUT2D eigenvalue weighted by Crippen LogP contribution is 2.43. The van der Waals surface area contributed by atoms with Crippen LogP contribution in [0.25, 0.3) is 22.2 Å². The molecule has 0 radical (unpaired) electrons. The SMILES string of the molecule is O=C(NCc1ccccc1)c1cc2c(-c3cc(Cl)cc4c3O[C@@H](C(=O)N3CCNCC3)C4)ccnc2[nH]1. The van der Waals surface area contributed by atoms with Crippen molar-refractivity contribution in [2.45, 2.75) is 19.1 Å². The van der Waals surface area contributed by atoms with Crippen molar-refractivity contribution in [1.82, 2.24) is 25.5 Å². The Morgan fingerprint density at radius 1 is 1.08 bits per heavy atom. The lowest BCUT2D eigenvalue weighted by atomic mass is 9.99. The van der Waals surface area contributed by atoms with Gasteiger partial charge in [-0.3, -0.25) is 9.59 Å². The minimum Gasteiger partial charge on any atom is -0.479 e. The van der Waals surface area contributed by atoms with Crippen LogP contribution in [0.1, 0.15) is 21.6 Å². The maximum Gasteiger partial charge on any atom is 0.268 e. The lowest BCUT2D eigenvalue weighted by Gasteiger charge is -2.29. The number of carbonyl (C=O) groups excluding carboxylic acids is 2. The van der Waals surface area contributed by atoms with Gasteiger partial charge in [-0.1, -0.05) is 41.9 Å². The standard InChI is InChI=1S/C28H26ClN5O3/c29-19-12-18-13-24(28(36)34-10-8-30-9-11-34)37-25(18)21(14-19)20-6-7-31-26-22(20)15-23(33-26)27(35)32-16-17-4-2-1-3-5-17/h1-7,12,14-15,24,30H,8-11,13,16H2,(H,31,33)(H,32,35)/t24-/m1/s1. The van der Waals surface area contributed by atoms with Gasteiger partial charge in [-0.15, -0.1) is 0 Å². The Labute approximate surface area is 219 Å². The zero-order chi connectivity index (χ0) is 25.4. The number of H-pyrrole nitrogens is 1. The van der Waals surface area contributed by atoms with Crippen LogP contribution in [0.15, 0.2) is 60.8 Å². The maximum absolute atomic E-state index is 13.1. The highest BCUT2D eigenvalue weighted by Gasteiger charge is 2.35. The van der Waals surface area contributed by atoms with Gasteiger partial charge in [0.05, 0.1) is 0 Å². The smallest absolute Gasteiger partial charge is 0.268 e. The molecule has 3 N–H and O–H groups in total. The lowest BCUT2D eigenvalue weighted by molar-refractivity contribution is -0.138. The molecule has 0 bridgehead atoms. The number of carbonyl (C=O) groups is 2. The van der Waals surface area contributed by atoms with Crippen molar-refractivity contribution < 1.29 is 14.3 Å². The quantitative estimate of drug-likeness (QED) is 0.377. The monoisotopic (exact) mass is 515 g/mol. The topological polar surface area (TPSA) is 99.3 Å². The fraction of sp³-hybridized carbons (Fsp3) is 0.250. The molecule has 2 aliphatic heterocycles. The first-order valence-corrected chi connectivity index (χ1v) is 12.7. The molecule has 0 spiro atoms. The Kier molecular flexibility index (Phi) is 6.28. The number of amides is 2. The lowest BCUT2D eigenvalue weighted by Crippen LogP contribution is -2.50. The Morgan fingerprint density at radius 2 is 1.89 bits per heavy atom. The van der Waals surface area contributed by atoms with Crippen LogP contribution in [0.5, 0.6) is 5.75 Å². The first-order valence-electron chi connectivity index (χ1n) is 12.4. The second-order valence-corrected chi connectivity index (χ2v) is 9.74. The van der Waals surface area contributed by atoms with Crippen LogP contribution < -0.4 is 15.4 Å². The summed E-state index contributed by atoms with van der Waals surface area (Å²) >= 11 is 6.51. The molecule has 0 aliphatic carbocycles. The summed E-state index contributed by atoms with van der Waals surface area (Å²) in [5.74, 6) is 0.433. The number of halogens is 1. The molecule has 188 valence electrons. The molecule has 2 aromatic heterocycles. The summed E-state index contributed by atoms with van der Waals surface area (Å²) in [5.41, 5.74) is 4.53. The predicted molar refractivity (Wildman–Crippen MR) is 142 cm³/mol. The van der Waals surface area contributed by atoms with Crippen LogP contribution in [0, 0.1) is 0 Å². The molecular formula is C28H26ClN5O3. The minimum absolute atomic E-state index is 0.00124. The molecule has 1 saturated heterocycles. The normalized spacial score (nSPS) is 16.9. The van der Waals surface area contributed by atoms with Gasteiger partial charge in [0.2, 0.25) is 0 Å². The zero-order valence-electron chi connectivity index (χ0n) is 20.1. The van der Waals surface area contributed by atoms with Crippen LogP contribution >= 0.6 is 11.6 Å². The van der Waals surface area contributed by atoms with Gasteiger partial charge in [-0.05, 0) is 35.4 Å². The zero-order valence-corrected chi connectivity index (χ0v) is 20.8. The van der Waals surface area contributed by atoms with Gasteiger partial charge >= 0.3 is 0 Å². The molecule has 37 heavy (non-hydrogen) atoms. The average Bonchev–Trinajstić information content (AvgIpc) is 3.56. The maximum atomic E-state index is 13.1. The van der Waals surface area contributed by atoms with Crippen LogP contribution in [-0.4, -0.2) is 59.0 Å². The van der Waals surface area contributed by atoms with Crippen molar-refractivity contribution >= 4 is 34.4 Å². The molecule has 1 fully saturated rings. The van der Waals surface area contributed by atoms with E-state index in [4.69, 9.17) is 16.3 Å². The third-order valence-corrected chi connectivity index (χ3v) is 7.08. The van der Waals surface area contributed by atoms with E-state index in [1.807, 2.05) is 53.4 Å². The second kappa shape index (κ2) is 9.88. The first-order chi connectivity index (χ1) is 18.1. The predicted octanol–water partition coefficient (Wildman–Crippen LogP) is 3.55. The summed E-state index contributed by atoms with van der Waals surface area (Å²) in [6, 6.07) is 17.1. The fourth-order valence-electron chi connectivity index (χ4n) is 5.01. The van der Waals surface area contributed by atoms with E-state index in [2.05, 4.69) is 20.6 Å². The third kappa shape index (κ3) is 4.65. The number of rotatable bonds is 5. The molecule has 6 rings (SSSR count). The van der Waals surface area contributed by atoms with E-state index in [1.54, 1.807) is 12.3 Å². The van der Waals surface area contributed by atoms with Crippen molar-refractivity contribution in [2.24, 2.45) is 0 Å².